The molecule has 0 bridgehead atoms. The van der Waals surface area contributed by atoms with Crippen LogP contribution >= 0.6 is 11.8 Å². The Morgan fingerprint density at radius 2 is 1.60 bits per heavy atom. The summed E-state index contributed by atoms with van der Waals surface area (Å²) in [4.78, 5) is 19.0. The summed E-state index contributed by atoms with van der Waals surface area (Å²) in [6.07, 6.45) is -11.3. The van der Waals surface area contributed by atoms with Crippen LogP contribution in [0.1, 0.15) is 31.9 Å². The third-order valence-corrected chi connectivity index (χ3v) is 7.57. The Hall–Kier alpha value is -2.90. The second-order valence-corrected chi connectivity index (χ2v) is 11.9. The molecule has 4 rings (SSSR count). The lowest BCUT2D eigenvalue weighted by Crippen LogP contribution is -2.62. The Bertz CT molecular complexity index is 1230. The van der Waals surface area contributed by atoms with Crippen LogP contribution in [0.4, 0.5) is 18.0 Å². The molecule has 1 amide bonds. The van der Waals surface area contributed by atoms with Crippen LogP contribution in [0, 0.1) is 0 Å². The predicted molar refractivity (Wildman–Crippen MR) is 153 cm³/mol. The summed E-state index contributed by atoms with van der Waals surface area (Å²) in [6, 6.07) is 17.2. The quantitative estimate of drug-likeness (QED) is 0.366. The van der Waals surface area contributed by atoms with E-state index in [9.17, 15) is 23.1 Å². The molecule has 0 spiro atoms. The van der Waals surface area contributed by atoms with Crippen LogP contribution in [0.25, 0.3) is 0 Å². The number of rotatable bonds is 9. The molecule has 2 aromatic carbocycles. The lowest BCUT2D eigenvalue weighted by molar-refractivity contribution is -0.283. The van der Waals surface area contributed by atoms with E-state index in [1.165, 1.54) is 11.0 Å². The molecule has 0 radical (unpaired) electrons. The molecule has 2 aromatic rings. The summed E-state index contributed by atoms with van der Waals surface area (Å²) in [5.74, 6) is 0. The number of amidine groups is 1. The zero-order valence-electron chi connectivity index (χ0n) is 23.6. The molecule has 6 atom stereocenters. The smallest absolute Gasteiger partial charge is 0.417 e. The Balaban J connectivity index is 1.70. The highest BCUT2D eigenvalue weighted by Gasteiger charge is 2.58. The number of aliphatic hydroxyl groups excluding tert-OH is 1. The summed E-state index contributed by atoms with van der Waals surface area (Å²) in [7, 11) is 0. The molecule has 8 nitrogen and oxygen atoms in total. The second kappa shape index (κ2) is 13.6. The van der Waals surface area contributed by atoms with Crippen LogP contribution in [0.15, 0.2) is 78.3 Å². The molecule has 1 N–H and O–H groups in total. The molecule has 2 aliphatic rings. The third kappa shape index (κ3) is 8.13. The number of aliphatic hydroxyl groups is 1. The van der Waals surface area contributed by atoms with Crippen molar-refractivity contribution in [2.24, 2.45) is 4.99 Å². The van der Waals surface area contributed by atoms with Gasteiger partial charge in [-0.3, -0.25) is 9.89 Å². The second-order valence-electron chi connectivity index (χ2n) is 10.9. The molecule has 0 saturated carbocycles. The van der Waals surface area contributed by atoms with Crippen molar-refractivity contribution in [1.29, 1.82) is 0 Å². The van der Waals surface area contributed by atoms with Crippen molar-refractivity contribution in [2.45, 2.75) is 81.7 Å². The van der Waals surface area contributed by atoms with Gasteiger partial charge in [-0.05, 0) is 31.9 Å². The van der Waals surface area contributed by atoms with E-state index in [0.29, 0.717) is 5.56 Å². The number of thioether (sulfide) groups is 1. The maximum atomic E-state index is 13.9. The van der Waals surface area contributed by atoms with Crippen LogP contribution in [0.5, 0.6) is 0 Å². The number of aliphatic imine (C=N–C) groups is 1. The Morgan fingerprint density at radius 1 is 1.05 bits per heavy atom. The molecule has 2 heterocycles. The van der Waals surface area contributed by atoms with Crippen molar-refractivity contribution in [3.05, 3.63) is 84.4 Å². The maximum absolute atomic E-state index is 13.9. The number of amides is 1. The molecular weight excluding hydrogens is 573 g/mol. The first kappa shape index (κ1) is 32.0. The van der Waals surface area contributed by atoms with Gasteiger partial charge in [0, 0.05) is 6.54 Å². The molecular formula is C30H35F3N2O6S. The van der Waals surface area contributed by atoms with Crippen molar-refractivity contribution in [3.63, 3.8) is 0 Å². The van der Waals surface area contributed by atoms with Gasteiger partial charge in [0.05, 0.1) is 13.2 Å². The van der Waals surface area contributed by atoms with E-state index >= 15 is 0 Å². The summed E-state index contributed by atoms with van der Waals surface area (Å²) in [6.45, 7) is 8.89. The highest BCUT2D eigenvalue weighted by Crippen LogP contribution is 2.43. The lowest BCUT2D eigenvalue weighted by atomic mass is 9.93. The van der Waals surface area contributed by atoms with Gasteiger partial charge >= 0.3 is 12.3 Å². The third-order valence-electron chi connectivity index (χ3n) is 6.41. The summed E-state index contributed by atoms with van der Waals surface area (Å²) in [5, 5.41) is 10.6. The fourth-order valence-corrected chi connectivity index (χ4v) is 5.72. The van der Waals surface area contributed by atoms with Crippen molar-refractivity contribution < 1.29 is 42.0 Å². The number of fused-ring (bicyclic) bond motifs is 1. The van der Waals surface area contributed by atoms with Crippen molar-refractivity contribution in [3.8, 4) is 0 Å². The van der Waals surface area contributed by atoms with Crippen molar-refractivity contribution in [2.75, 3.05) is 6.54 Å². The van der Waals surface area contributed by atoms with Gasteiger partial charge < -0.3 is 24.1 Å². The molecule has 1 saturated heterocycles. The van der Waals surface area contributed by atoms with E-state index in [1.54, 1.807) is 45.0 Å². The topological polar surface area (TPSA) is 89.8 Å². The minimum atomic E-state index is -4.99. The average Bonchev–Trinajstić information content (AvgIpc) is 3.36. The first-order valence-electron chi connectivity index (χ1n) is 13.4. The number of ether oxygens (including phenoxy) is 4. The predicted octanol–water partition coefficient (Wildman–Crippen LogP) is 5.70. The molecule has 1 fully saturated rings. The van der Waals surface area contributed by atoms with Crippen molar-refractivity contribution in [1.82, 2.24) is 4.90 Å². The van der Waals surface area contributed by atoms with Gasteiger partial charge in [-0.25, -0.2) is 4.79 Å². The van der Waals surface area contributed by atoms with Crippen LogP contribution < -0.4 is 0 Å². The summed E-state index contributed by atoms with van der Waals surface area (Å²) >= 11 is 0.962. The zero-order chi connectivity index (χ0) is 30.5. The number of carbonyl (C=O) groups excluding carboxylic acids is 1. The van der Waals surface area contributed by atoms with Gasteiger partial charge in [-0.1, -0.05) is 78.5 Å². The Morgan fingerprint density at radius 3 is 2.10 bits per heavy atom. The van der Waals surface area contributed by atoms with Gasteiger partial charge in [0.2, 0.25) is 0 Å². The van der Waals surface area contributed by atoms with Gasteiger partial charge in [-0.15, -0.1) is 6.58 Å². The molecule has 1 unspecified atom stereocenters. The fourth-order valence-electron chi connectivity index (χ4n) is 4.51. The van der Waals surface area contributed by atoms with Crippen LogP contribution in [-0.2, 0) is 32.2 Å². The van der Waals surface area contributed by atoms with Crippen LogP contribution in [0.2, 0.25) is 0 Å². The average molecular weight is 609 g/mol. The van der Waals surface area contributed by atoms with E-state index in [4.69, 9.17) is 23.9 Å². The SMILES string of the molecule is C=CCN(C(=O)OC(C)(C)C)C1=N[C@@H]2[C@@H](OCc3ccccc3)[C@H](OCc3ccccc3)[C@@H](C(O)C(F)(F)F)O[C@@H]2S1. The van der Waals surface area contributed by atoms with Crippen LogP contribution in [-0.4, -0.2) is 75.5 Å². The van der Waals surface area contributed by atoms with E-state index < -0.39 is 53.8 Å². The number of alkyl halides is 3. The van der Waals surface area contributed by atoms with E-state index in [0.717, 1.165) is 17.3 Å². The van der Waals surface area contributed by atoms with E-state index in [2.05, 4.69) is 6.58 Å². The molecule has 228 valence electrons. The number of nitrogens with zero attached hydrogens (tertiary/aromatic N) is 2. The zero-order valence-corrected chi connectivity index (χ0v) is 24.4. The number of benzene rings is 2. The Kier molecular flexibility index (Phi) is 10.4. The standard InChI is InChI=1S/C30H35F3N2O6S/c1-5-16-35(28(37)41-29(2,3)4)27-34-21-22(38-17-19-12-8-6-9-13-19)23(39-18-20-14-10-7-11-15-20)24(40-26(21)42-27)25(36)30(31,32)33/h5-15,21-26,36H,1,16-18H2,2-4H3/t21-,22-,23+,24+,25?,26-/m1/s1. The monoisotopic (exact) mass is 608 g/mol. The molecule has 0 aromatic heterocycles. The van der Waals surface area contributed by atoms with Gasteiger partial charge in [-0.2, -0.15) is 13.2 Å². The maximum Gasteiger partial charge on any atom is 0.417 e. The summed E-state index contributed by atoms with van der Waals surface area (Å²) < 4.78 is 65.5. The molecule has 2 aliphatic heterocycles. The van der Waals surface area contributed by atoms with Crippen LogP contribution in [0.3, 0.4) is 0 Å². The first-order chi connectivity index (χ1) is 19.9. The molecule has 42 heavy (non-hydrogen) atoms. The molecule has 12 heteroatoms. The number of hydrogen-bond acceptors (Lipinski definition) is 8. The number of carbonyl (C=O) groups is 1. The first-order valence-corrected chi connectivity index (χ1v) is 14.3. The van der Waals surface area contributed by atoms with E-state index in [-0.39, 0.29) is 24.9 Å². The minimum Gasteiger partial charge on any atom is -0.443 e. The Labute approximate surface area is 247 Å². The van der Waals surface area contributed by atoms with E-state index in [1.807, 2.05) is 36.4 Å². The largest absolute Gasteiger partial charge is 0.443 e. The van der Waals surface area contributed by atoms with Gasteiger partial charge in [0.1, 0.15) is 35.4 Å². The fraction of sp³-hybridized carbons (Fsp3) is 0.467. The normalized spacial score (nSPS) is 24.8. The minimum absolute atomic E-state index is 0.0399. The number of halogens is 3. The summed E-state index contributed by atoms with van der Waals surface area (Å²) in [5.41, 5.74) is -0.307. The number of hydrogen-bond donors (Lipinski definition) is 1. The lowest BCUT2D eigenvalue weighted by Gasteiger charge is -2.44. The van der Waals surface area contributed by atoms with Gasteiger partial charge in [0.15, 0.2) is 11.3 Å². The van der Waals surface area contributed by atoms with Crippen molar-refractivity contribution >= 4 is 23.0 Å². The highest BCUT2D eigenvalue weighted by atomic mass is 32.2. The highest BCUT2D eigenvalue weighted by molar-refractivity contribution is 8.14. The van der Waals surface area contributed by atoms with Gasteiger partial charge in [0.25, 0.3) is 0 Å². The molecule has 0 aliphatic carbocycles.